The largest absolute Gasteiger partial charge is 0.381 e. The van der Waals surface area contributed by atoms with Gasteiger partial charge in [0, 0.05) is 12.7 Å². The summed E-state index contributed by atoms with van der Waals surface area (Å²) in [4.78, 5) is 0. The molecule has 0 rings (SSSR count). The van der Waals surface area contributed by atoms with Gasteiger partial charge in [-0.2, -0.15) is 5.26 Å². The van der Waals surface area contributed by atoms with Crippen LogP contribution in [0.2, 0.25) is 0 Å². The van der Waals surface area contributed by atoms with Crippen LogP contribution in [0, 0.1) is 11.3 Å². The molecule has 0 aromatic carbocycles. The molecule has 0 N–H and O–H groups in total. The number of hydrogen-bond donors (Lipinski definition) is 0. The molecular weight excluding hydrogens is 102 g/mol. The molecule has 0 unspecified atom stereocenters. The van der Waals surface area contributed by atoms with Gasteiger partial charge in [-0.25, -0.2) is 0 Å². The summed E-state index contributed by atoms with van der Waals surface area (Å²) in [5, 5.41) is 8.19. The van der Waals surface area contributed by atoms with E-state index in [4.69, 9.17) is 5.26 Å². The minimum Gasteiger partial charge on any atom is -0.381 e. The molecule has 0 aromatic rings. The Kier molecular flexibility index (Phi) is 3.91. The van der Waals surface area contributed by atoms with Gasteiger partial charge in [-0.15, -0.1) is 0 Å². The second kappa shape index (κ2) is 4.35. The van der Waals surface area contributed by atoms with Gasteiger partial charge in [-0.3, -0.25) is 0 Å². The molecule has 0 radical (unpaired) electrons. The maximum Gasteiger partial charge on any atom is 0.0941 e. The summed E-state index contributed by atoms with van der Waals surface area (Å²) in [7, 11) is 1.60. The van der Waals surface area contributed by atoms with Crippen molar-refractivity contribution in [3.8, 4) is 6.07 Å². The third kappa shape index (κ3) is 3.38. The Hall–Kier alpha value is -0.810. The monoisotopic (exact) mass is 111 g/mol. The van der Waals surface area contributed by atoms with E-state index >= 15 is 0 Å². The van der Waals surface area contributed by atoms with E-state index in [-0.39, 0.29) is 0 Å². The molecule has 0 amide bonds. The van der Waals surface area contributed by atoms with E-state index in [1.807, 2.05) is 6.07 Å². The molecule has 0 heterocycles. The molecule has 0 aliphatic carbocycles. The lowest BCUT2D eigenvalue weighted by molar-refractivity contribution is 0.233. The first kappa shape index (κ1) is 7.19. The molecule has 44 valence electrons. The van der Waals surface area contributed by atoms with E-state index in [0.29, 0.717) is 12.2 Å². The highest BCUT2D eigenvalue weighted by atomic mass is 16.5. The van der Waals surface area contributed by atoms with Gasteiger partial charge in [-0.1, -0.05) is 0 Å². The summed E-state index contributed by atoms with van der Waals surface area (Å²) in [5.41, 5.74) is 0.701. The van der Waals surface area contributed by atoms with E-state index in [0.717, 1.165) is 0 Å². The van der Waals surface area contributed by atoms with Crippen LogP contribution in [0.25, 0.3) is 0 Å². The van der Waals surface area contributed by atoms with Gasteiger partial charge < -0.3 is 4.74 Å². The Bertz CT molecular complexity index is 121. The molecule has 0 aliphatic heterocycles. The summed E-state index contributed by atoms with van der Waals surface area (Å²) in [6.07, 6.45) is 1.74. The highest BCUT2D eigenvalue weighted by Crippen LogP contribution is 1.86. The number of nitriles is 1. The molecule has 0 spiro atoms. The zero-order valence-electron chi connectivity index (χ0n) is 5.14. The maximum absolute atomic E-state index is 8.19. The predicted molar refractivity (Wildman–Crippen MR) is 31.2 cm³/mol. The predicted octanol–water partition coefficient (Wildman–Crippen LogP) is 1.10. The first-order chi connectivity index (χ1) is 3.81. The number of nitrogens with zero attached hydrogens (tertiary/aromatic N) is 1. The Labute approximate surface area is 49.4 Å². The molecule has 0 aliphatic rings. The first-order valence-corrected chi connectivity index (χ1v) is 2.37. The summed E-state index contributed by atoms with van der Waals surface area (Å²) >= 11 is 0. The lowest BCUT2D eigenvalue weighted by Gasteiger charge is -1.86. The van der Waals surface area contributed by atoms with Crippen LogP contribution in [0.1, 0.15) is 6.92 Å². The van der Waals surface area contributed by atoms with Crippen LogP contribution in [0.15, 0.2) is 11.6 Å². The summed E-state index contributed by atoms with van der Waals surface area (Å²) in [6, 6.07) is 1.98. The number of ether oxygens (including phenoxy) is 1. The maximum atomic E-state index is 8.19. The minimum absolute atomic E-state index is 0.527. The van der Waals surface area contributed by atoms with Crippen molar-refractivity contribution in [2.24, 2.45) is 0 Å². The lowest BCUT2D eigenvalue weighted by atomic mass is 10.3. The number of methoxy groups -OCH3 is 1. The van der Waals surface area contributed by atoms with Crippen molar-refractivity contribution in [1.29, 1.82) is 5.26 Å². The van der Waals surface area contributed by atoms with Crippen LogP contribution >= 0.6 is 0 Å². The van der Waals surface area contributed by atoms with Gasteiger partial charge in [0.15, 0.2) is 0 Å². The summed E-state index contributed by atoms with van der Waals surface area (Å²) < 4.78 is 4.69. The van der Waals surface area contributed by atoms with Crippen molar-refractivity contribution >= 4 is 0 Å². The second-order valence-electron chi connectivity index (χ2n) is 1.45. The molecule has 2 nitrogen and oxygen atoms in total. The molecular formula is C6H9NO. The van der Waals surface area contributed by atoms with Crippen LogP contribution in [0.4, 0.5) is 0 Å². The fraction of sp³-hybridized carbons (Fsp3) is 0.500. The Balaban J connectivity index is 3.46. The van der Waals surface area contributed by atoms with E-state index in [1.54, 1.807) is 20.1 Å². The lowest BCUT2D eigenvalue weighted by Crippen LogP contribution is -1.81. The number of rotatable bonds is 2. The molecule has 8 heavy (non-hydrogen) atoms. The molecule has 2 heteroatoms. The molecule has 0 saturated carbocycles. The smallest absolute Gasteiger partial charge is 0.0941 e. The van der Waals surface area contributed by atoms with Crippen molar-refractivity contribution < 1.29 is 4.74 Å². The third-order valence-corrected chi connectivity index (χ3v) is 0.733. The number of hydrogen-bond acceptors (Lipinski definition) is 2. The quantitative estimate of drug-likeness (QED) is 0.500. The summed E-state index contributed by atoms with van der Waals surface area (Å²) in [6.45, 7) is 2.28. The van der Waals surface area contributed by atoms with Gasteiger partial charge in [-0.05, 0) is 13.0 Å². The van der Waals surface area contributed by atoms with Gasteiger partial charge in [0.1, 0.15) is 0 Å². The highest BCUT2D eigenvalue weighted by molar-refractivity contribution is 5.16. The van der Waals surface area contributed by atoms with Crippen LogP contribution in [0.5, 0.6) is 0 Å². The fourth-order valence-corrected chi connectivity index (χ4v) is 0.254. The molecule has 0 saturated heterocycles. The van der Waals surface area contributed by atoms with Crippen molar-refractivity contribution in [2.45, 2.75) is 6.92 Å². The standard InChI is InChI=1S/C6H9NO/c1-6(5-7)3-4-8-2/h3H,4H2,1-2H3/b6-3+. The van der Waals surface area contributed by atoms with E-state index in [9.17, 15) is 0 Å². The molecule has 0 bridgehead atoms. The van der Waals surface area contributed by atoms with Crippen molar-refractivity contribution in [2.75, 3.05) is 13.7 Å². The average Bonchev–Trinajstić information content (AvgIpc) is 1.83. The van der Waals surface area contributed by atoms with Crippen molar-refractivity contribution in [3.63, 3.8) is 0 Å². The van der Waals surface area contributed by atoms with Crippen LogP contribution in [0.3, 0.4) is 0 Å². The zero-order valence-corrected chi connectivity index (χ0v) is 5.14. The molecule has 0 aromatic heterocycles. The van der Waals surface area contributed by atoms with Crippen LogP contribution in [-0.2, 0) is 4.74 Å². The highest BCUT2D eigenvalue weighted by Gasteiger charge is 1.79. The van der Waals surface area contributed by atoms with Gasteiger partial charge in [0.05, 0.1) is 12.7 Å². The first-order valence-electron chi connectivity index (χ1n) is 2.37. The number of allylic oxidation sites excluding steroid dienone is 1. The van der Waals surface area contributed by atoms with Crippen molar-refractivity contribution in [3.05, 3.63) is 11.6 Å². The van der Waals surface area contributed by atoms with Gasteiger partial charge in [0.25, 0.3) is 0 Å². The molecule has 0 fully saturated rings. The van der Waals surface area contributed by atoms with Gasteiger partial charge >= 0.3 is 0 Å². The van der Waals surface area contributed by atoms with Crippen molar-refractivity contribution in [1.82, 2.24) is 0 Å². The Morgan fingerprint density at radius 2 is 2.50 bits per heavy atom. The fourth-order valence-electron chi connectivity index (χ4n) is 0.254. The summed E-state index contributed by atoms with van der Waals surface area (Å²) in [5.74, 6) is 0. The average molecular weight is 111 g/mol. The van der Waals surface area contributed by atoms with E-state index in [1.165, 1.54) is 0 Å². The molecule has 0 atom stereocenters. The Morgan fingerprint density at radius 1 is 1.88 bits per heavy atom. The SMILES string of the molecule is COC/C=C(\C)C#N. The van der Waals surface area contributed by atoms with Crippen LogP contribution < -0.4 is 0 Å². The topological polar surface area (TPSA) is 33.0 Å². The zero-order chi connectivity index (χ0) is 6.41. The Morgan fingerprint density at radius 3 is 2.88 bits per heavy atom. The third-order valence-electron chi connectivity index (χ3n) is 0.733. The van der Waals surface area contributed by atoms with E-state index in [2.05, 4.69) is 4.74 Å². The minimum atomic E-state index is 0.527. The second-order valence-corrected chi connectivity index (χ2v) is 1.45. The van der Waals surface area contributed by atoms with Crippen LogP contribution in [-0.4, -0.2) is 13.7 Å². The van der Waals surface area contributed by atoms with Gasteiger partial charge in [0.2, 0.25) is 0 Å². The van der Waals surface area contributed by atoms with E-state index < -0.39 is 0 Å². The normalized spacial score (nSPS) is 10.9.